The van der Waals surface area contributed by atoms with Crippen molar-refractivity contribution in [3.63, 3.8) is 0 Å². The first kappa shape index (κ1) is 19.2. The van der Waals surface area contributed by atoms with Crippen LogP contribution in [0.3, 0.4) is 0 Å². The molecule has 2 rings (SSSR count). The summed E-state index contributed by atoms with van der Waals surface area (Å²) in [5.41, 5.74) is 0.963. The maximum atomic E-state index is 12.1. The summed E-state index contributed by atoms with van der Waals surface area (Å²) in [7, 11) is 0. The quantitative estimate of drug-likeness (QED) is 0.723. The molecule has 1 atom stereocenters. The van der Waals surface area contributed by atoms with Gasteiger partial charge in [0.25, 0.3) is 0 Å². The molecule has 1 aliphatic heterocycles. The molecule has 1 aliphatic rings. The van der Waals surface area contributed by atoms with Gasteiger partial charge in [-0.25, -0.2) is 9.59 Å². The topological polar surface area (TPSA) is 85.3 Å². The lowest BCUT2D eigenvalue weighted by molar-refractivity contribution is -0.150. The highest BCUT2D eigenvalue weighted by Crippen LogP contribution is 2.15. The van der Waals surface area contributed by atoms with Crippen molar-refractivity contribution in [3.8, 4) is 0 Å². The number of aliphatic carboxylic acids is 1. The third kappa shape index (κ3) is 6.72. The molecule has 0 saturated carbocycles. The van der Waals surface area contributed by atoms with Gasteiger partial charge in [-0.05, 0) is 25.3 Å². The molecule has 138 valence electrons. The van der Waals surface area contributed by atoms with E-state index in [2.05, 4.69) is 0 Å². The molecule has 25 heavy (non-hydrogen) atoms. The van der Waals surface area contributed by atoms with Crippen LogP contribution in [0, 0.1) is 0 Å². The molecule has 1 aromatic carbocycles. The standard InChI is InChI=1S/C18H25NO6/c1-14(17(20)21)23-11-12-24-16-7-9-19(10-8-16)18(22)25-13-15-5-3-2-4-6-15/h2-6,14,16H,7-13H2,1H3,(H,20,21). The highest BCUT2D eigenvalue weighted by molar-refractivity contribution is 5.71. The lowest BCUT2D eigenvalue weighted by Gasteiger charge is -2.31. The number of rotatable bonds is 8. The molecular formula is C18H25NO6. The number of benzene rings is 1. The number of carboxylic acids is 1. The van der Waals surface area contributed by atoms with Crippen molar-refractivity contribution in [2.24, 2.45) is 0 Å². The van der Waals surface area contributed by atoms with E-state index in [-0.39, 0.29) is 25.4 Å². The fraction of sp³-hybridized carbons (Fsp3) is 0.556. The first-order valence-electron chi connectivity index (χ1n) is 8.48. The van der Waals surface area contributed by atoms with Crippen molar-refractivity contribution in [2.75, 3.05) is 26.3 Å². The van der Waals surface area contributed by atoms with Crippen LogP contribution in [0.2, 0.25) is 0 Å². The Kier molecular flexibility index (Phi) is 7.69. The second-order valence-corrected chi connectivity index (χ2v) is 5.95. The number of hydrogen-bond donors (Lipinski definition) is 1. The number of amides is 1. The predicted molar refractivity (Wildman–Crippen MR) is 90.2 cm³/mol. The second kappa shape index (κ2) is 10.0. The lowest BCUT2D eigenvalue weighted by atomic mass is 10.1. The zero-order chi connectivity index (χ0) is 18.1. The number of carboxylic acid groups (broad SMARTS) is 1. The number of nitrogens with zero attached hydrogens (tertiary/aromatic N) is 1. The van der Waals surface area contributed by atoms with E-state index in [0.717, 1.165) is 18.4 Å². The van der Waals surface area contributed by atoms with Gasteiger partial charge in [-0.2, -0.15) is 0 Å². The van der Waals surface area contributed by atoms with Crippen molar-refractivity contribution < 1.29 is 28.9 Å². The Morgan fingerprint density at radius 3 is 2.52 bits per heavy atom. The molecule has 1 amide bonds. The van der Waals surface area contributed by atoms with E-state index in [1.54, 1.807) is 4.90 Å². The highest BCUT2D eigenvalue weighted by atomic mass is 16.6. The Morgan fingerprint density at radius 2 is 1.88 bits per heavy atom. The van der Waals surface area contributed by atoms with Gasteiger partial charge in [-0.3, -0.25) is 0 Å². The number of hydrogen-bond acceptors (Lipinski definition) is 5. The van der Waals surface area contributed by atoms with Crippen LogP contribution in [-0.4, -0.2) is 60.6 Å². The van der Waals surface area contributed by atoms with Crippen molar-refractivity contribution in [2.45, 2.75) is 38.6 Å². The summed E-state index contributed by atoms with van der Waals surface area (Å²) in [6, 6.07) is 9.57. The summed E-state index contributed by atoms with van der Waals surface area (Å²) >= 11 is 0. The zero-order valence-electron chi connectivity index (χ0n) is 14.4. The van der Waals surface area contributed by atoms with E-state index in [1.165, 1.54) is 6.92 Å². The van der Waals surface area contributed by atoms with E-state index >= 15 is 0 Å². The largest absolute Gasteiger partial charge is 0.479 e. The normalized spacial score (nSPS) is 16.4. The van der Waals surface area contributed by atoms with E-state index in [4.69, 9.17) is 19.3 Å². The first-order chi connectivity index (χ1) is 12.1. The third-order valence-corrected chi connectivity index (χ3v) is 4.06. The number of likely N-dealkylation sites (tertiary alicyclic amines) is 1. The third-order valence-electron chi connectivity index (χ3n) is 4.06. The van der Waals surface area contributed by atoms with Crippen LogP contribution in [0.5, 0.6) is 0 Å². The van der Waals surface area contributed by atoms with E-state index in [1.807, 2.05) is 30.3 Å². The molecule has 1 heterocycles. The number of carbonyl (C=O) groups is 2. The molecule has 1 unspecified atom stereocenters. The van der Waals surface area contributed by atoms with Crippen molar-refractivity contribution in [1.29, 1.82) is 0 Å². The number of piperidine rings is 1. The van der Waals surface area contributed by atoms with Crippen LogP contribution in [0.4, 0.5) is 4.79 Å². The maximum absolute atomic E-state index is 12.1. The number of ether oxygens (including phenoxy) is 3. The fourth-order valence-electron chi connectivity index (χ4n) is 2.53. The van der Waals surface area contributed by atoms with Gasteiger partial charge in [0, 0.05) is 13.1 Å². The van der Waals surface area contributed by atoms with Gasteiger partial charge in [0.15, 0.2) is 6.10 Å². The Labute approximate surface area is 147 Å². The van der Waals surface area contributed by atoms with Gasteiger partial charge in [-0.1, -0.05) is 30.3 Å². The summed E-state index contributed by atoms with van der Waals surface area (Å²) < 4.78 is 16.1. The molecule has 0 aromatic heterocycles. The van der Waals surface area contributed by atoms with Gasteiger partial charge in [0.2, 0.25) is 0 Å². The van der Waals surface area contributed by atoms with Crippen molar-refractivity contribution in [3.05, 3.63) is 35.9 Å². The molecule has 0 aliphatic carbocycles. The molecule has 1 saturated heterocycles. The Balaban J connectivity index is 1.59. The lowest BCUT2D eigenvalue weighted by Crippen LogP contribution is -2.41. The van der Waals surface area contributed by atoms with Crippen molar-refractivity contribution >= 4 is 12.1 Å². The molecule has 7 nitrogen and oxygen atoms in total. The predicted octanol–water partition coefficient (Wildman–Crippen LogP) is 2.29. The highest BCUT2D eigenvalue weighted by Gasteiger charge is 2.24. The van der Waals surface area contributed by atoms with E-state index < -0.39 is 12.1 Å². The van der Waals surface area contributed by atoms with Gasteiger partial charge in [-0.15, -0.1) is 0 Å². The molecule has 7 heteroatoms. The van der Waals surface area contributed by atoms with Crippen LogP contribution in [0.1, 0.15) is 25.3 Å². The summed E-state index contributed by atoms with van der Waals surface area (Å²) in [6.07, 6.45) is 0.386. The van der Waals surface area contributed by atoms with Crippen molar-refractivity contribution in [1.82, 2.24) is 4.90 Å². The Bertz CT molecular complexity index is 542. The average Bonchev–Trinajstić information content (AvgIpc) is 2.64. The number of carbonyl (C=O) groups excluding carboxylic acids is 1. The van der Waals surface area contributed by atoms with Crippen LogP contribution in [0.15, 0.2) is 30.3 Å². The van der Waals surface area contributed by atoms with Gasteiger partial charge in [0.1, 0.15) is 6.61 Å². The molecule has 1 fully saturated rings. The smallest absolute Gasteiger partial charge is 0.410 e. The molecular weight excluding hydrogens is 326 g/mol. The molecule has 1 aromatic rings. The van der Waals surface area contributed by atoms with Crippen LogP contribution >= 0.6 is 0 Å². The molecule has 0 radical (unpaired) electrons. The summed E-state index contributed by atoms with van der Waals surface area (Å²) in [5.74, 6) is -0.984. The fourth-order valence-corrected chi connectivity index (χ4v) is 2.53. The molecule has 1 N–H and O–H groups in total. The minimum atomic E-state index is -0.984. The van der Waals surface area contributed by atoms with E-state index in [9.17, 15) is 9.59 Å². The van der Waals surface area contributed by atoms with Crippen LogP contribution in [-0.2, 0) is 25.6 Å². The zero-order valence-corrected chi connectivity index (χ0v) is 14.4. The van der Waals surface area contributed by atoms with Gasteiger partial charge < -0.3 is 24.2 Å². The van der Waals surface area contributed by atoms with Gasteiger partial charge in [0.05, 0.1) is 19.3 Å². The summed E-state index contributed by atoms with van der Waals surface area (Å²) in [5, 5.41) is 8.71. The monoisotopic (exact) mass is 351 g/mol. The molecule has 0 spiro atoms. The van der Waals surface area contributed by atoms with Crippen LogP contribution in [0.25, 0.3) is 0 Å². The Hall–Kier alpha value is -2.12. The summed E-state index contributed by atoms with van der Waals surface area (Å²) in [4.78, 5) is 24.4. The summed E-state index contributed by atoms with van der Waals surface area (Å²) in [6.45, 7) is 3.53. The SMILES string of the molecule is CC(OCCOC1CCN(C(=O)OCc2ccccc2)CC1)C(=O)O. The van der Waals surface area contributed by atoms with Crippen LogP contribution < -0.4 is 0 Å². The van der Waals surface area contributed by atoms with E-state index in [0.29, 0.717) is 19.7 Å². The second-order valence-electron chi connectivity index (χ2n) is 5.95. The Morgan fingerprint density at radius 1 is 1.20 bits per heavy atom. The minimum absolute atomic E-state index is 0.0573. The molecule has 0 bridgehead atoms. The first-order valence-corrected chi connectivity index (χ1v) is 8.48. The maximum Gasteiger partial charge on any atom is 0.410 e. The van der Waals surface area contributed by atoms with Gasteiger partial charge >= 0.3 is 12.1 Å². The average molecular weight is 351 g/mol. The minimum Gasteiger partial charge on any atom is -0.479 e.